The van der Waals surface area contributed by atoms with Crippen molar-refractivity contribution in [3.8, 4) is 0 Å². The lowest BCUT2D eigenvalue weighted by molar-refractivity contribution is 0.290. The van der Waals surface area contributed by atoms with Crippen LogP contribution in [0.15, 0.2) is 25.0 Å². The van der Waals surface area contributed by atoms with Gasteiger partial charge < -0.3 is 14.9 Å². The van der Waals surface area contributed by atoms with Crippen molar-refractivity contribution in [3.63, 3.8) is 0 Å². The van der Waals surface area contributed by atoms with Crippen LogP contribution >= 0.6 is 0 Å². The van der Waals surface area contributed by atoms with Crippen LogP contribution in [-0.2, 0) is 9.47 Å². The molecule has 3 heteroatoms. The van der Waals surface area contributed by atoms with Gasteiger partial charge in [0.25, 0.3) is 0 Å². The Morgan fingerprint density at radius 2 is 1.00 bits per heavy atom. The van der Waals surface area contributed by atoms with Gasteiger partial charge in [-0.2, -0.15) is 0 Å². The zero-order chi connectivity index (χ0) is 4.24. The van der Waals surface area contributed by atoms with Gasteiger partial charge in [-0.15, -0.1) is 0 Å². The molecular formula is C4H6O3. The minimum atomic E-state index is 0. The molecule has 1 heterocycles. The van der Waals surface area contributed by atoms with Crippen LogP contribution in [0.4, 0.5) is 0 Å². The van der Waals surface area contributed by atoms with E-state index in [1.54, 1.807) is 0 Å². The van der Waals surface area contributed by atoms with Crippen LogP contribution in [0.25, 0.3) is 0 Å². The van der Waals surface area contributed by atoms with Crippen molar-refractivity contribution >= 4 is 0 Å². The standard InChI is InChI=1S/C4H4O2.H2O/c1-2-6-4-3-5-1;/h1-4H;1H2. The predicted molar refractivity (Wildman–Crippen MR) is 24.1 cm³/mol. The van der Waals surface area contributed by atoms with Crippen LogP contribution in [-0.4, -0.2) is 5.48 Å². The topological polar surface area (TPSA) is 50.0 Å². The van der Waals surface area contributed by atoms with Gasteiger partial charge in [-0.1, -0.05) is 0 Å². The summed E-state index contributed by atoms with van der Waals surface area (Å²) >= 11 is 0. The Balaban J connectivity index is 0.000000360. The van der Waals surface area contributed by atoms with E-state index >= 15 is 0 Å². The molecule has 1 aliphatic heterocycles. The average molecular weight is 102 g/mol. The Bertz CT molecular complexity index is 64.9. The third-order valence-electron chi connectivity index (χ3n) is 0.425. The first-order valence-electron chi connectivity index (χ1n) is 1.61. The SMILES string of the molecule is C1=COC=CO1.O. The molecule has 0 saturated heterocycles. The number of hydrogen-bond acceptors (Lipinski definition) is 2. The van der Waals surface area contributed by atoms with Crippen LogP contribution in [0, 0.1) is 0 Å². The summed E-state index contributed by atoms with van der Waals surface area (Å²) in [5.41, 5.74) is 0. The molecule has 0 fully saturated rings. The Hall–Kier alpha value is -0.960. The maximum Gasteiger partial charge on any atom is 0.125 e. The van der Waals surface area contributed by atoms with Crippen molar-refractivity contribution in [2.75, 3.05) is 0 Å². The highest BCUT2D eigenvalue weighted by atomic mass is 16.5. The monoisotopic (exact) mass is 102 g/mol. The quantitative estimate of drug-likeness (QED) is 0.437. The summed E-state index contributed by atoms with van der Waals surface area (Å²) in [6.07, 6.45) is 5.83. The van der Waals surface area contributed by atoms with Gasteiger partial charge in [0.15, 0.2) is 0 Å². The summed E-state index contributed by atoms with van der Waals surface area (Å²) in [5, 5.41) is 0. The predicted octanol–water partition coefficient (Wildman–Crippen LogP) is 0.151. The first-order chi connectivity index (χ1) is 3.00. The lowest BCUT2D eigenvalue weighted by Gasteiger charge is -1.94. The minimum absolute atomic E-state index is 0. The van der Waals surface area contributed by atoms with Gasteiger partial charge in [0.2, 0.25) is 0 Å². The lowest BCUT2D eigenvalue weighted by Crippen LogP contribution is -1.74. The zero-order valence-electron chi connectivity index (χ0n) is 3.63. The molecule has 0 spiro atoms. The summed E-state index contributed by atoms with van der Waals surface area (Å²) in [6, 6.07) is 0. The molecule has 1 rings (SSSR count). The van der Waals surface area contributed by atoms with Gasteiger partial charge in [-0.3, -0.25) is 0 Å². The van der Waals surface area contributed by atoms with Crippen molar-refractivity contribution < 1.29 is 14.9 Å². The molecular weight excluding hydrogens is 96.0 g/mol. The fraction of sp³-hybridized carbons (Fsp3) is 0. The van der Waals surface area contributed by atoms with E-state index in [4.69, 9.17) is 0 Å². The largest absolute Gasteiger partial charge is 0.466 e. The zero-order valence-corrected chi connectivity index (χ0v) is 3.63. The van der Waals surface area contributed by atoms with Gasteiger partial charge in [0.1, 0.15) is 25.0 Å². The second kappa shape index (κ2) is 3.24. The van der Waals surface area contributed by atoms with Gasteiger partial charge in [0.05, 0.1) is 0 Å². The maximum absolute atomic E-state index is 4.58. The lowest BCUT2D eigenvalue weighted by atomic mass is 10.9. The molecule has 7 heavy (non-hydrogen) atoms. The fourth-order valence-corrected chi connectivity index (χ4v) is 0.219. The van der Waals surface area contributed by atoms with E-state index in [1.165, 1.54) is 25.0 Å². The second-order valence-corrected chi connectivity index (χ2v) is 0.816. The molecule has 0 aromatic heterocycles. The molecule has 3 nitrogen and oxygen atoms in total. The van der Waals surface area contributed by atoms with E-state index in [-0.39, 0.29) is 5.48 Å². The maximum atomic E-state index is 4.58. The van der Waals surface area contributed by atoms with Crippen molar-refractivity contribution in [2.45, 2.75) is 0 Å². The molecule has 0 bridgehead atoms. The molecule has 0 amide bonds. The smallest absolute Gasteiger partial charge is 0.125 e. The third-order valence-corrected chi connectivity index (χ3v) is 0.425. The van der Waals surface area contributed by atoms with Crippen LogP contribution in [0.1, 0.15) is 0 Å². The molecule has 0 aromatic carbocycles. The van der Waals surface area contributed by atoms with E-state index in [2.05, 4.69) is 9.47 Å². The average Bonchev–Trinajstić information content (AvgIpc) is 1.72. The highest BCUT2D eigenvalue weighted by Gasteiger charge is 1.74. The van der Waals surface area contributed by atoms with E-state index < -0.39 is 0 Å². The van der Waals surface area contributed by atoms with Gasteiger partial charge in [0, 0.05) is 0 Å². The van der Waals surface area contributed by atoms with Gasteiger partial charge in [-0.05, 0) is 0 Å². The van der Waals surface area contributed by atoms with E-state index in [1.807, 2.05) is 0 Å². The number of hydrogen-bond donors (Lipinski definition) is 0. The number of rotatable bonds is 0. The third kappa shape index (κ3) is 1.83. The number of ether oxygens (including phenoxy) is 2. The summed E-state index contributed by atoms with van der Waals surface area (Å²) in [5.74, 6) is 0. The highest BCUT2D eigenvalue weighted by Crippen LogP contribution is 1.89. The van der Waals surface area contributed by atoms with E-state index in [0.29, 0.717) is 0 Å². The van der Waals surface area contributed by atoms with Crippen molar-refractivity contribution in [2.24, 2.45) is 0 Å². The summed E-state index contributed by atoms with van der Waals surface area (Å²) in [7, 11) is 0. The highest BCUT2D eigenvalue weighted by molar-refractivity contribution is 4.77. The van der Waals surface area contributed by atoms with Crippen LogP contribution in [0.3, 0.4) is 0 Å². The van der Waals surface area contributed by atoms with E-state index in [0.717, 1.165) is 0 Å². The van der Waals surface area contributed by atoms with Gasteiger partial charge in [-0.25, -0.2) is 0 Å². The summed E-state index contributed by atoms with van der Waals surface area (Å²) in [4.78, 5) is 0. The van der Waals surface area contributed by atoms with Crippen LogP contribution < -0.4 is 0 Å². The fourth-order valence-electron chi connectivity index (χ4n) is 0.219. The van der Waals surface area contributed by atoms with Crippen molar-refractivity contribution in [3.05, 3.63) is 25.0 Å². The Morgan fingerprint density at radius 1 is 0.714 bits per heavy atom. The molecule has 0 saturated carbocycles. The molecule has 0 unspecified atom stereocenters. The summed E-state index contributed by atoms with van der Waals surface area (Å²) in [6.45, 7) is 0. The summed E-state index contributed by atoms with van der Waals surface area (Å²) < 4.78 is 9.17. The van der Waals surface area contributed by atoms with Crippen LogP contribution in [0.2, 0.25) is 0 Å². The van der Waals surface area contributed by atoms with Crippen molar-refractivity contribution in [1.29, 1.82) is 0 Å². The van der Waals surface area contributed by atoms with E-state index in [9.17, 15) is 0 Å². The molecule has 0 aromatic rings. The molecule has 2 N–H and O–H groups in total. The molecule has 0 radical (unpaired) electrons. The Labute approximate surface area is 41.2 Å². The first kappa shape index (κ1) is 6.04. The Kier molecular flexibility index (Phi) is 2.79. The van der Waals surface area contributed by atoms with Gasteiger partial charge >= 0.3 is 0 Å². The molecule has 1 aliphatic rings. The molecule has 40 valence electrons. The second-order valence-electron chi connectivity index (χ2n) is 0.816. The normalized spacial score (nSPS) is 13.7. The molecule has 0 atom stereocenters. The minimum Gasteiger partial charge on any atom is -0.466 e. The van der Waals surface area contributed by atoms with Crippen molar-refractivity contribution in [1.82, 2.24) is 0 Å². The first-order valence-corrected chi connectivity index (χ1v) is 1.61. The Morgan fingerprint density at radius 3 is 1.14 bits per heavy atom. The molecule has 0 aliphatic carbocycles. The van der Waals surface area contributed by atoms with Crippen LogP contribution in [0.5, 0.6) is 0 Å².